The third kappa shape index (κ3) is 3.35. The first kappa shape index (κ1) is 14.3. The topological polar surface area (TPSA) is 58.4 Å². The predicted molar refractivity (Wildman–Crippen MR) is 70.9 cm³/mol. The molecule has 4 heteroatoms. The fraction of sp³-hybridized carbons (Fsp3) is 0.923. The lowest BCUT2D eigenvalue weighted by Crippen LogP contribution is -2.59. The van der Waals surface area contributed by atoms with E-state index in [0.717, 1.165) is 19.4 Å². The van der Waals surface area contributed by atoms with Crippen molar-refractivity contribution in [2.24, 2.45) is 5.73 Å². The largest absolute Gasteiger partial charge is 0.333 e. The fourth-order valence-electron chi connectivity index (χ4n) is 2.70. The molecular weight excluding hydrogens is 214 g/mol. The normalized spacial score (nSPS) is 19.1. The monoisotopic (exact) mass is 241 g/mol. The maximum Gasteiger partial charge on any atom is 0.318 e. The molecule has 0 aromatic carbocycles. The van der Waals surface area contributed by atoms with Crippen LogP contribution in [0.5, 0.6) is 0 Å². The number of urea groups is 1. The minimum Gasteiger partial charge on any atom is -0.333 e. The van der Waals surface area contributed by atoms with E-state index in [1.165, 1.54) is 12.8 Å². The Morgan fingerprint density at radius 1 is 1.35 bits per heavy atom. The Bertz CT molecular complexity index is 264. The Labute approximate surface area is 105 Å². The summed E-state index contributed by atoms with van der Waals surface area (Å²) in [5.74, 6) is 0. The molecule has 1 fully saturated rings. The molecule has 3 N–H and O–H groups in total. The van der Waals surface area contributed by atoms with Crippen LogP contribution in [0.15, 0.2) is 0 Å². The second-order valence-electron chi connectivity index (χ2n) is 6.06. The summed E-state index contributed by atoms with van der Waals surface area (Å²) in [6.45, 7) is 9.32. The number of carbonyl (C=O) groups is 1. The summed E-state index contributed by atoms with van der Waals surface area (Å²) < 4.78 is 0. The predicted octanol–water partition coefficient (Wildman–Crippen LogP) is 2.09. The molecule has 0 radical (unpaired) electrons. The van der Waals surface area contributed by atoms with Crippen molar-refractivity contribution in [2.45, 2.75) is 64.5 Å². The van der Waals surface area contributed by atoms with Gasteiger partial charge in [-0.2, -0.15) is 0 Å². The summed E-state index contributed by atoms with van der Waals surface area (Å²) >= 11 is 0. The number of hydrogen-bond acceptors (Lipinski definition) is 2. The van der Waals surface area contributed by atoms with Gasteiger partial charge in [-0.1, -0.05) is 12.8 Å². The van der Waals surface area contributed by atoms with E-state index >= 15 is 0 Å². The van der Waals surface area contributed by atoms with Crippen LogP contribution in [0.2, 0.25) is 0 Å². The molecule has 0 aromatic rings. The molecule has 1 rings (SSSR count). The minimum absolute atomic E-state index is 0.0207. The van der Waals surface area contributed by atoms with Gasteiger partial charge >= 0.3 is 6.03 Å². The second-order valence-corrected chi connectivity index (χ2v) is 6.06. The van der Waals surface area contributed by atoms with E-state index in [4.69, 9.17) is 5.73 Å². The Kier molecular flexibility index (Phi) is 4.42. The Balaban J connectivity index is 2.79. The minimum atomic E-state index is -0.196. The highest BCUT2D eigenvalue weighted by Crippen LogP contribution is 2.34. The van der Waals surface area contributed by atoms with Gasteiger partial charge in [0.15, 0.2) is 0 Å². The summed E-state index contributed by atoms with van der Waals surface area (Å²) in [5, 5.41) is 3.04. The second kappa shape index (κ2) is 5.25. The SMILES string of the molecule is CCN(C(=O)NC(C)(C)C)C1(CN)CCCC1. The maximum atomic E-state index is 12.3. The van der Waals surface area contributed by atoms with E-state index in [2.05, 4.69) is 5.32 Å². The molecule has 1 aliphatic rings. The molecular formula is C13H27N3O. The van der Waals surface area contributed by atoms with Crippen molar-refractivity contribution in [1.82, 2.24) is 10.2 Å². The van der Waals surface area contributed by atoms with Crippen molar-refractivity contribution >= 4 is 6.03 Å². The molecule has 0 atom stereocenters. The van der Waals surface area contributed by atoms with Gasteiger partial charge in [0.25, 0.3) is 0 Å². The zero-order valence-corrected chi connectivity index (χ0v) is 11.7. The molecule has 0 aromatic heterocycles. The number of carbonyl (C=O) groups excluding carboxylic acids is 1. The molecule has 0 aliphatic heterocycles. The van der Waals surface area contributed by atoms with Gasteiger partial charge in [-0.05, 0) is 40.5 Å². The van der Waals surface area contributed by atoms with Gasteiger partial charge in [0.05, 0.1) is 5.54 Å². The molecule has 2 amide bonds. The van der Waals surface area contributed by atoms with Crippen molar-refractivity contribution in [1.29, 1.82) is 0 Å². The van der Waals surface area contributed by atoms with Crippen LogP contribution in [0, 0.1) is 0 Å². The zero-order chi connectivity index (χ0) is 13.1. The molecule has 1 saturated carbocycles. The lowest BCUT2D eigenvalue weighted by Gasteiger charge is -2.41. The van der Waals surface area contributed by atoms with Crippen molar-refractivity contribution in [3.8, 4) is 0 Å². The molecule has 0 spiro atoms. The first-order chi connectivity index (χ1) is 7.84. The van der Waals surface area contributed by atoms with Crippen LogP contribution < -0.4 is 11.1 Å². The average molecular weight is 241 g/mol. The van der Waals surface area contributed by atoms with Crippen LogP contribution in [0.4, 0.5) is 4.79 Å². The first-order valence-electron chi connectivity index (χ1n) is 6.64. The van der Waals surface area contributed by atoms with E-state index < -0.39 is 0 Å². The highest BCUT2D eigenvalue weighted by Gasteiger charge is 2.40. The maximum absolute atomic E-state index is 12.3. The van der Waals surface area contributed by atoms with Crippen molar-refractivity contribution in [3.05, 3.63) is 0 Å². The van der Waals surface area contributed by atoms with Crippen LogP contribution in [0.1, 0.15) is 53.4 Å². The lowest BCUT2D eigenvalue weighted by atomic mass is 9.95. The summed E-state index contributed by atoms with van der Waals surface area (Å²) in [5.41, 5.74) is 5.62. The number of hydrogen-bond donors (Lipinski definition) is 2. The number of rotatable bonds is 3. The van der Waals surface area contributed by atoms with E-state index in [-0.39, 0.29) is 17.1 Å². The van der Waals surface area contributed by atoms with Crippen LogP contribution in [0.25, 0.3) is 0 Å². The number of likely N-dealkylation sites (N-methyl/N-ethyl adjacent to an activating group) is 1. The average Bonchev–Trinajstić information content (AvgIpc) is 2.66. The number of nitrogens with two attached hydrogens (primary N) is 1. The quantitative estimate of drug-likeness (QED) is 0.795. The lowest BCUT2D eigenvalue weighted by molar-refractivity contribution is 0.118. The zero-order valence-electron chi connectivity index (χ0n) is 11.7. The van der Waals surface area contributed by atoms with E-state index in [0.29, 0.717) is 6.54 Å². The van der Waals surface area contributed by atoms with Crippen molar-refractivity contribution in [3.63, 3.8) is 0 Å². The molecule has 100 valence electrons. The Hall–Kier alpha value is -0.770. The molecule has 0 unspecified atom stereocenters. The van der Waals surface area contributed by atoms with Gasteiger partial charge in [0, 0.05) is 18.6 Å². The summed E-state index contributed by atoms with van der Waals surface area (Å²) in [7, 11) is 0. The standard InChI is InChI=1S/C13H27N3O/c1-5-16(11(17)15-12(2,3)4)13(10-14)8-6-7-9-13/h5-10,14H2,1-4H3,(H,15,17). The first-order valence-corrected chi connectivity index (χ1v) is 6.64. The highest BCUT2D eigenvalue weighted by molar-refractivity contribution is 5.76. The number of nitrogens with zero attached hydrogens (tertiary/aromatic N) is 1. The Morgan fingerprint density at radius 3 is 2.24 bits per heavy atom. The third-order valence-corrected chi connectivity index (χ3v) is 3.53. The third-order valence-electron chi connectivity index (χ3n) is 3.53. The molecule has 0 heterocycles. The van der Waals surface area contributed by atoms with Crippen LogP contribution in [-0.4, -0.2) is 35.1 Å². The van der Waals surface area contributed by atoms with Crippen molar-refractivity contribution in [2.75, 3.05) is 13.1 Å². The van der Waals surface area contributed by atoms with Gasteiger partial charge < -0.3 is 16.0 Å². The molecule has 17 heavy (non-hydrogen) atoms. The number of nitrogens with one attached hydrogen (secondary N) is 1. The van der Waals surface area contributed by atoms with E-state index in [9.17, 15) is 4.79 Å². The van der Waals surface area contributed by atoms with Gasteiger partial charge in [0.1, 0.15) is 0 Å². The van der Waals surface area contributed by atoms with Crippen LogP contribution in [0.3, 0.4) is 0 Å². The van der Waals surface area contributed by atoms with Gasteiger partial charge in [-0.25, -0.2) is 4.79 Å². The van der Waals surface area contributed by atoms with Gasteiger partial charge in [-0.3, -0.25) is 0 Å². The molecule has 0 bridgehead atoms. The van der Waals surface area contributed by atoms with Crippen LogP contribution >= 0.6 is 0 Å². The van der Waals surface area contributed by atoms with E-state index in [1.807, 2.05) is 32.6 Å². The fourth-order valence-corrected chi connectivity index (χ4v) is 2.70. The molecule has 1 aliphatic carbocycles. The summed E-state index contributed by atoms with van der Waals surface area (Å²) in [6, 6.07) is 0.0207. The highest BCUT2D eigenvalue weighted by atomic mass is 16.2. The smallest absolute Gasteiger partial charge is 0.318 e. The van der Waals surface area contributed by atoms with Crippen molar-refractivity contribution < 1.29 is 4.79 Å². The Morgan fingerprint density at radius 2 is 1.88 bits per heavy atom. The summed E-state index contributed by atoms with van der Waals surface area (Å²) in [4.78, 5) is 14.2. The van der Waals surface area contributed by atoms with Gasteiger partial charge in [0.2, 0.25) is 0 Å². The number of amides is 2. The summed E-state index contributed by atoms with van der Waals surface area (Å²) in [6.07, 6.45) is 4.43. The van der Waals surface area contributed by atoms with Crippen LogP contribution in [-0.2, 0) is 0 Å². The molecule has 4 nitrogen and oxygen atoms in total. The van der Waals surface area contributed by atoms with E-state index in [1.54, 1.807) is 0 Å². The van der Waals surface area contributed by atoms with Gasteiger partial charge in [-0.15, -0.1) is 0 Å². The molecule has 0 saturated heterocycles.